The standard InChI is InChI=1S/C11H21N3O/c1-3-5-7-10-13-11(15-14-10)8-9(12)6-4-2/h9H,3-8,12H2,1-2H3. The fourth-order valence-electron chi connectivity index (χ4n) is 1.51. The van der Waals surface area contributed by atoms with Gasteiger partial charge in [0.2, 0.25) is 5.89 Å². The molecule has 15 heavy (non-hydrogen) atoms. The van der Waals surface area contributed by atoms with Gasteiger partial charge in [-0.3, -0.25) is 0 Å². The van der Waals surface area contributed by atoms with Crippen molar-refractivity contribution in [2.45, 2.75) is 58.4 Å². The maximum absolute atomic E-state index is 5.90. The van der Waals surface area contributed by atoms with Gasteiger partial charge in [0.15, 0.2) is 5.82 Å². The van der Waals surface area contributed by atoms with Gasteiger partial charge in [0.1, 0.15) is 0 Å². The molecular weight excluding hydrogens is 190 g/mol. The van der Waals surface area contributed by atoms with Crippen molar-refractivity contribution in [2.75, 3.05) is 0 Å². The quantitative estimate of drug-likeness (QED) is 0.750. The van der Waals surface area contributed by atoms with Crippen LogP contribution in [-0.2, 0) is 12.8 Å². The Labute approximate surface area is 91.2 Å². The summed E-state index contributed by atoms with van der Waals surface area (Å²) in [5.41, 5.74) is 5.90. The molecule has 1 unspecified atom stereocenters. The molecule has 0 saturated carbocycles. The fraction of sp³-hybridized carbons (Fsp3) is 0.818. The first kappa shape index (κ1) is 12.2. The zero-order valence-electron chi connectivity index (χ0n) is 9.70. The summed E-state index contributed by atoms with van der Waals surface area (Å²) in [6.07, 6.45) is 5.97. The van der Waals surface area contributed by atoms with E-state index in [0.717, 1.165) is 37.9 Å². The molecule has 1 aromatic rings. The van der Waals surface area contributed by atoms with Crippen molar-refractivity contribution in [3.63, 3.8) is 0 Å². The van der Waals surface area contributed by atoms with E-state index in [2.05, 4.69) is 24.0 Å². The van der Waals surface area contributed by atoms with Gasteiger partial charge >= 0.3 is 0 Å². The van der Waals surface area contributed by atoms with E-state index in [4.69, 9.17) is 10.3 Å². The third-order valence-electron chi connectivity index (χ3n) is 2.36. The lowest BCUT2D eigenvalue weighted by Gasteiger charge is -2.05. The molecule has 4 nitrogen and oxygen atoms in total. The smallest absolute Gasteiger partial charge is 0.228 e. The minimum absolute atomic E-state index is 0.148. The Morgan fingerprint density at radius 2 is 2.13 bits per heavy atom. The lowest BCUT2D eigenvalue weighted by atomic mass is 10.1. The third-order valence-corrected chi connectivity index (χ3v) is 2.36. The average Bonchev–Trinajstić information content (AvgIpc) is 2.63. The molecule has 0 fully saturated rings. The number of rotatable bonds is 7. The van der Waals surface area contributed by atoms with Crippen molar-refractivity contribution in [3.8, 4) is 0 Å². The van der Waals surface area contributed by atoms with Gasteiger partial charge in [-0.2, -0.15) is 4.98 Å². The van der Waals surface area contributed by atoms with E-state index in [-0.39, 0.29) is 6.04 Å². The Bertz CT molecular complexity index is 273. The first-order valence-electron chi connectivity index (χ1n) is 5.83. The molecule has 4 heteroatoms. The van der Waals surface area contributed by atoms with Crippen LogP contribution in [0.1, 0.15) is 51.2 Å². The Morgan fingerprint density at radius 3 is 2.80 bits per heavy atom. The second-order valence-corrected chi connectivity index (χ2v) is 3.96. The second-order valence-electron chi connectivity index (χ2n) is 3.96. The number of aryl methyl sites for hydroxylation is 1. The van der Waals surface area contributed by atoms with Crippen molar-refractivity contribution in [1.82, 2.24) is 10.1 Å². The van der Waals surface area contributed by atoms with Gasteiger partial charge in [-0.25, -0.2) is 0 Å². The van der Waals surface area contributed by atoms with Gasteiger partial charge in [-0.05, 0) is 12.8 Å². The molecule has 0 saturated heterocycles. The zero-order valence-corrected chi connectivity index (χ0v) is 9.70. The Balaban J connectivity index is 2.38. The predicted molar refractivity (Wildman–Crippen MR) is 59.5 cm³/mol. The van der Waals surface area contributed by atoms with E-state index in [1.54, 1.807) is 0 Å². The van der Waals surface area contributed by atoms with Crippen molar-refractivity contribution in [2.24, 2.45) is 5.73 Å². The molecule has 86 valence electrons. The van der Waals surface area contributed by atoms with Crippen LogP contribution in [0.4, 0.5) is 0 Å². The number of hydrogen-bond donors (Lipinski definition) is 1. The Hall–Kier alpha value is -0.900. The van der Waals surface area contributed by atoms with Crippen LogP contribution in [0.3, 0.4) is 0 Å². The minimum Gasteiger partial charge on any atom is -0.339 e. The molecular formula is C11H21N3O. The Morgan fingerprint density at radius 1 is 1.33 bits per heavy atom. The van der Waals surface area contributed by atoms with E-state index < -0.39 is 0 Å². The molecule has 1 atom stereocenters. The van der Waals surface area contributed by atoms with Gasteiger partial charge in [0.05, 0.1) is 0 Å². The van der Waals surface area contributed by atoms with E-state index in [1.165, 1.54) is 0 Å². The summed E-state index contributed by atoms with van der Waals surface area (Å²) in [5, 5.41) is 3.93. The average molecular weight is 211 g/mol. The van der Waals surface area contributed by atoms with Gasteiger partial charge in [-0.1, -0.05) is 31.8 Å². The van der Waals surface area contributed by atoms with Gasteiger partial charge in [0.25, 0.3) is 0 Å². The van der Waals surface area contributed by atoms with Crippen LogP contribution in [0.15, 0.2) is 4.52 Å². The van der Waals surface area contributed by atoms with Gasteiger partial charge in [0, 0.05) is 18.9 Å². The number of aromatic nitrogens is 2. The SMILES string of the molecule is CCCCc1noc(CC(N)CCC)n1. The maximum Gasteiger partial charge on any atom is 0.228 e. The summed E-state index contributed by atoms with van der Waals surface area (Å²) >= 11 is 0. The minimum atomic E-state index is 0.148. The lowest BCUT2D eigenvalue weighted by Crippen LogP contribution is -2.22. The number of nitrogens with zero attached hydrogens (tertiary/aromatic N) is 2. The topological polar surface area (TPSA) is 64.9 Å². The molecule has 0 spiro atoms. The van der Waals surface area contributed by atoms with Crippen molar-refractivity contribution < 1.29 is 4.52 Å². The predicted octanol–water partition coefficient (Wildman–Crippen LogP) is 2.08. The molecule has 0 amide bonds. The number of hydrogen-bond acceptors (Lipinski definition) is 4. The van der Waals surface area contributed by atoms with Crippen LogP contribution < -0.4 is 5.73 Å². The van der Waals surface area contributed by atoms with E-state index >= 15 is 0 Å². The molecule has 2 N–H and O–H groups in total. The van der Waals surface area contributed by atoms with Crippen LogP contribution in [0.5, 0.6) is 0 Å². The molecule has 0 aliphatic rings. The van der Waals surface area contributed by atoms with Gasteiger partial charge in [-0.15, -0.1) is 0 Å². The van der Waals surface area contributed by atoms with Crippen LogP contribution >= 0.6 is 0 Å². The van der Waals surface area contributed by atoms with Crippen molar-refractivity contribution in [1.29, 1.82) is 0 Å². The molecule has 1 aromatic heterocycles. The summed E-state index contributed by atoms with van der Waals surface area (Å²) in [6, 6.07) is 0.148. The first-order chi connectivity index (χ1) is 7.26. The summed E-state index contributed by atoms with van der Waals surface area (Å²) in [4.78, 5) is 4.31. The summed E-state index contributed by atoms with van der Waals surface area (Å²) in [6.45, 7) is 4.28. The zero-order chi connectivity index (χ0) is 11.1. The maximum atomic E-state index is 5.90. The highest BCUT2D eigenvalue weighted by Crippen LogP contribution is 2.06. The summed E-state index contributed by atoms with van der Waals surface area (Å²) < 4.78 is 5.14. The number of unbranched alkanes of at least 4 members (excludes halogenated alkanes) is 1. The number of nitrogens with two attached hydrogens (primary N) is 1. The summed E-state index contributed by atoms with van der Waals surface area (Å²) in [5.74, 6) is 1.50. The molecule has 0 radical (unpaired) electrons. The van der Waals surface area contributed by atoms with E-state index in [1.807, 2.05) is 0 Å². The monoisotopic (exact) mass is 211 g/mol. The highest BCUT2D eigenvalue weighted by molar-refractivity contribution is 4.89. The molecule has 0 aromatic carbocycles. The normalized spacial score (nSPS) is 13.0. The molecule has 0 aliphatic heterocycles. The molecule has 0 bridgehead atoms. The molecule has 0 aliphatic carbocycles. The third kappa shape index (κ3) is 4.42. The summed E-state index contributed by atoms with van der Waals surface area (Å²) in [7, 11) is 0. The van der Waals surface area contributed by atoms with Crippen molar-refractivity contribution in [3.05, 3.63) is 11.7 Å². The van der Waals surface area contributed by atoms with Crippen LogP contribution in [0, 0.1) is 0 Å². The fourth-order valence-corrected chi connectivity index (χ4v) is 1.51. The van der Waals surface area contributed by atoms with Crippen LogP contribution in [-0.4, -0.2) is 16.2 Å². The van der Waals surface area contributed by atoms with Crippen LogP contribution in [0.25, 0.3) is 0 Å². The first-order valence-corrected chi connectivity index (χ1v) is 5.83. The lowest BCUT2D eigenvalue weighted by molar-refractivity contribution is 0.361. The van der Waals surface area contributed by atoms with E-state index in [9.17, 15) is 0 Å². The van der Waals surface area contributed by atoms with Crippen LogP contribution in [0.2, 0.25) is 0 Å². The highest BCUT2D eigenvalue weighted by Gasteiger charge is 2.10. The van der Waals surface area contributed by atoms with Gasteiger partial charge < -0.3 is 10.3 Å². The molecule has 1 heterocycles. The molecule has 1 rings (SSSR count). The highest BCUT2D eigenvalue weighted by atomic mass is 16.5. The Kier molecular flexibility index (Phi) is 5.32. The largest absolute Gasteiger partial charge is 0.339 e. The second kappa shape index (κ2) is 6.56. The van der Waals surface area contributed by atoms with Crippen molar-refractivity contribution >= 4 is 0 Å². The van der Waals surface area contributed by atoms with E-state index in [0.29, 0.717) is 12.3 Å².